The number of ether oxygens (including phenoxy) is 2. The van der Waals surface area contributed by atoms with E-state index in [-0.39, 0.29) is 28.9 Å². The van der Waals surface area contributed by atoms with Crippen LogP contribution in [0, 0.1) is 0 Å². The quantitative estimate of drug-likeness (QED) is 0.624. The van der Waals surface area contributed by atoms with Gasteiger partial charge in [0.05, 0.1) is 23.6 Å². The Morgan fingerprint density at radius 1 is 1.33 bits per heavy atom. The molecule has 1 N–H and O–H groups in total. The predicted molar refractivity (Wildman–Crippen MR) is 91.9 cm³/mol. The van der Waals surface area contributed by atoms with Gasteiger partial charge in [-0.1, -0.05) is 18.5 Å². The first-order chi connectivity index (χ1) is 11.4. The molecule has 7 nitrogen and oxygen atoms in total. The Hall–Kier alpha value is -1.35. The molecule has 0 aromatic heterocycles. The van der Waals surface area contributed by atoms with Crippen molar-refractivity contribution in [1.29, 1.82) is 0 Å². The van der Waals surface area contributed by atoms with Gasteiger partial charge in [0.25, 0.3) is 0 Å². The van der Waals surface area contributed by atoms with Crippen LogP contribution in [-0.4, -0.2) is 59.1 Å². The van der Waals surface area contributed by atoms with Gasteiger partial charge >= 0.3 is 0 Å². The van der Waals surface area contributed by atoms with Crippen LogP contribution in [0.15, 0.2) is 23.1 Å². The van der Waals surface area contributed by atoms with Crippen molar-refractivity contribution in [2.75, 3.05) is 40.5 Å². The van der Waals surface area contributed by atoms with Crippen molar-refractivity contribution in [3.63, 3.8) is 0 Å². The Morgan fingerprint density at radius 3 is 2.58 bits per heavy atom. The number of benzene rings is 1. The second kappa shape index (κ2) is 9.83. The molecule has 0 radical (unpaired) electrons. The number of nitrogens with one attached hydrogen (secondary N) is 1. The highest BCUT2D eigenvalue weighted by Crippen LogP contribution is 2.28. The lowest BCUT2D eigenvalue weighted by molar-refractivity contribution is -0.121. The molecule has 9 heteroatoms. The number of nitrogens with zero attached hydrogens (tertiary/aromatic N) is 1. The third-order valence-corrected chi connectivity index (χ3v) is 5.49. The van der Waals surface area contributed by atoms with Crippen LogP contribution in [0.4, 0.5) is 0 Å². The summed E-state index contributed by atoms with van der Waals surface area (Å²) in [6.45, 7) is 2.53. The predicted octanol–water partition coefficient (Wildman–Crippen LogP) is 1.51. The van der Waals surface area contributed by atoms with Crippen LogP contribution in [-0.2, 0) is 19.6 Å². The van der Waals surface area contributed by atoms with E-state index in [4.69, 9.17) is 21.1 Å². The molecule has 0 aliphatic rings. The molecule has 0 saturated carbocycles. The molecule has 136 valence electrons. The Kier molecular flexibility index (Phi) is 8.47. The van der Waals surface area contributed by atoms with Gasteiger partial charge in [0, 0.05) is 26.8 Å². The number of hydrogen-bond donors (Lipinski definition) is 1. The van der Waals surface area contributed by atoms with Crippen molar-refractivity contribution < 1.29 is 22.7 Å². The van der Waals surface area contributed by atoms with E-state index in [2.05, 4.69) is 5.32 Å². The molecule has 1 aromatic carbocycles. The highest BCUT2D eigenvalue weighted by molar-refractivity contribution is 7.89. The van der Waals surface area contributed by atoms with Gasteiger partial charge in [-0.3, -0.25) is 4.79 Å². The molecule has 0 fully saturated rings. The normalized spacial score (nSPS) is 11.5. The molecular formula is C15H23ClN2O5S. The lowest BCUT2D eigenvalue weighted by Gasteiger charge is -2.20. The Balaban J connectivity index is 2.82. The summed E-state index contributed by atoms with van der Waals surface area (Å²) in [5.41, 5.74) is 0. The van der Waals surface area contributed by atoms with E-state index in [0.29, 0.717) is 25.3 Å². The largest absolute Gasteiger partial charge is 0.495 e. The molecule has 0 aliphatic carbocycles. The van der Waals surface area contributed by atoms with Crippen molar-refractivity contribution in [3.05, 3.63) is 23.2 Å². The topological polar surface area (TPSA) is 84.9 Å². The van der Waals surface area contributed by atoms with Crippen LogP contribution in [0.25, 0.3) is 0 Å². The maximum Gasteiger partial charge on any atom is 0.243 e. The monoisotopic (exact) mass is 378 g/mol. The first kappa shape index (κ1) is 20.7. The molecule has 0 unspecified atom stereocenters. The first-order valence-electron chi connectivity index (χ1n) is 7.46. The summed E-state index contributed by atoms with van der Waals surface area (Å²) in [6, 6.07) is 4.20. The standard InChI is InChI=1S/C15H23ClN2O5S/c1-4-18(11-15(19)17-8-5-9-22-2)24(20,21)12-6-7-14(23-3)13(16)10-12/h6-7,10H,4-5,8-9,11H2,1-3H3,(H,17,19). The second-order valence-electron chi connectivity index (χ2n) is 4.92. The van der Waals surface area contributed by atoms with Gasteiger partial charge in [0.15, 0.2) is 0 Å². The van der Waals surface area contributed by atoms with Crippen LogP contribution in [0.1, 0.15) is 13.3 Å². The van der Waals surface area contributed by atoms with Gasteiger partial charge < -0.3 is 14.8 Å². The van der Waals surface area contributed by atoms with Gasteiger partial charge in [0.1, 0.15) is 5.75 Å². The minimum absolute atomic E-state index is 0.0160. The number of hydrogen-bond acceptors (Lipinski definition) is 5. The number of halogens is 1. The summed E-state index contributed by atoms with van der Waals surface area (Å²) in [5.74, 6) is 0.0192. The number of carbonyl (C=O) groups excluding carboxylic acids is 1. The fraction of sp³-hybridized carbons (Fsp3) is 0.533. The van der Waals surface area contributed by atoms with E-state index in [9.17, 15) is 13.2 Å². The maximum absolute atomic E-state index is 12.7. The van der Waals surface area contributed by atoms with Crippen LogP contribution in [0.2, 0.25) is 5.02 Å². The zero-order chi connectivity index (χ0) is 18.2. The summed E-state index contributed by atoms with van der Waals surface area (Å²) in [6.07, 6.45) is 0.662. The smallest absolute Gasteiger partial charge is 0.243 e. The maximum atomic E-state index is 12.7. The molecule has 0 heterocycles. The molecule has 0 spiro atoms. The van der Waals surface area contributed by atoms with Crippen molar-refractivity contribution >= 4 is 27.5 Å². The number of methoxy groups -OCH3 is 2. The van der Waals surface area contributed by atoms with Crippen LogP contribution in [0.5, 0.6) is 5.75 Å². The molecule has 0 atom stereocenters. The van der Waals surface area contributed by atoms with Gasteiger partial charge in [-0.15, -0.1) is 0 Å². The number of carbonyl (C=O) groups is 1. The van der Waals surface area contributed by atoms with Crippen LogP contribution in [0.3, 0.4) is 0 Å². The van der Waals surface area contributed by atoms with Gasteiger partial charge in [0.2, 0.25) is 15.9 Å². The first-order valence-corrected chi connectivity index (χ1v) is 9.28. The highest BCUT2D eigenvalue weighted by atomic mass is 35.5. The van der Waals surface area contributed by atoms with E-state index in [0.717, 1.165) is 4.31 Å². The van der Waals surface area contributed by atoms with Crippen molar-refractivity contribution in [2.24, 2.45) is 0 Å². The third kappa shape index (κ3) is 5.62. The van der Waals surface area contributed by atoms with E-state index >= 15 is 0 Å². The lowest BCUT2D eigenvalue weighted by Crippen LogP contribution is -2.41. The molecule has 24 heavy (non-hydrogen) atoms. The molecule has 0 saturated heterocycles. The van der Waals surface area contributed by atoms with Crippen molar-refractivity contribution in [1.82, 2.24) is 9.62 Å². The third-order valence-electron chi connectivity index (χ3n) is 3.28. The zero-order valence-corrected chi connectivity index (χ0v) is 15.6. The van der Waals surface area contributed by atoms with Crippen LogP contribution >= 0.6 is 11.6 Å². The molecule has 1 amide bonds. The number of sulfonamides is 1. The summed E-state index contributed by atoms with van der Waals surface area (Å²) >= 11 is 5.99. The summed E-state index contributed by atoms with van der Waals surface area (Å²) in [7, 11) is -0.798. The van der Waals surface area contributed by atoms with Crippen molar-refractivity contribution in [2.45, 2.75) is 18.2 Å². The minimum Gasteiger partial charge on any atom is -0.495 e. The molecule has 1 rings (SSSR count). The zero-order valence-electron chi connectivity index (χ0n) is 14.0. The Bertz CT molecular complexity index is 651. The average molecular weight is 379 g/mol. The van der Waals surface area contributed by atoms with Crippen LogP contribution < -0.4 is 10.1 Å². The fourth-order valence-electron chi connectivity index (χ4n) is 1.98. The van der Waals surface area contributed by atoms with Gasteiger partial charge in [-0.05, 0) is 24.6 Å². The SMILES string of the molecule is CCN(CC(=O)NCCCOC)S(=O)(=O)c1ccc(OC)c(Cl)c1. The Labute approximate surface area is 147 Å². The summed E-state index contributed by atoms with van der Waals surface area (Å²) < 4.78 is 36.3. The summed E-state index contributed by atoms with van der Waals surface area (Å²) in [4.78, 5) is 11.9. The lowest BCUT2D eigenvalue weighted by atomic mass is 10.3. The number of rotatable bonds is 10. The molecular weight excluding hydrogens is 356 g/mol. The van der Waals surface area contributed by atoms with E-state index < -0.39 is 10.0 Å². The van der Waals surface area contributed by atoms with Crippen molar-refractivity contribution in [3.8, 4) is 5.75 Å². The highest BCUT2D eigenvalue weighted by Gasteiger charge is 2.26. The van der Waals surface area contributed by atoms with Gasteiger partial charge in [-0.25, -0.2) is 8.42 Å². The fourth-order valence-corrected chi connectivity index (χ4v) is 3.74. The van der Waals surface area contributed by atoms with E-state index in [1.165, 1.54) is 25.3 Å². The average Bonchev–Trinajstić information content (AvgIpc) is 2.56. The Morgan fingerprint density at radius 2 is 2.04 bits per heavy atom. The number of likely N-dealkylation sites (N-methyl/N-ethyl adjacent to an activating group) is 1. The minimum atomic E-state index is -3.82. The van der Waals surface area contributed by atoms with E-state index in [1.54, 1.807) is 14.0 Å². The number of amides is 1. The molecule has 1 aromatic rings. The van der Waals surface area contributed by atoms with Gasteiger partial charge in [-0.2, -0.15) is 4.31 Å². The summed E-state index contributed by atoms with van der Waals surface area (Å²) in [5, 5.41) is 2.86. The second-order valence-corrected chi connectivity index (χ2v) is 7.27. The van der Waals surface area contributed by atoms with E-state index in [1.807, 2.05) is 0 Å². The molecule has 0 bridgehead atoms. The molecule has 0 aliphatic heterocycles.